The molecule has 12 nitrogen and oxygen atoms in total. The third-order valence-electron chi connectivity index (χ3n) is 9.23. The number of rotatable bonds is 6. The third kappa shape index (κ3) is 7.33. The van der Waals surface area contributed by atoms with E-state index in [4.69, 9.17) is 23.7 Å². The van der Waals surface area contributed by atoms with Crippen LogP contribution in [0.15, 0.2) is 12.7 Å². The second-order valence-corrected chi connectivity index (χ2v) is 13.1. The Balaban J connectivity index is 2.14. The Morgan fingerprint density at radius 1 is 1.09 bits per heavy atom. The Morgan fingerprint density at radius 2 is 1.73 bits per heavy atom. The van der Waals surface area contributed by atoms with E-state index in [0.29, 0.717) is 6.42 Å². The number of Topliss-reactive ketones (excluding diaryl/α,β-unsaturated/α-hetero) is 2. The number of nitrogens with zero attached hydrogens (tertiary/aromatic N) is 1. The van der Waals surface area contributed by atoms with Gasteiger partial charge in [0.05, 0.1) is 30.5 Å². The van der Waals surface area contributed by atoms with Crippen LogP contribution < -0.4 is 5.32 Å². The standard InChI is InChI=1S/C31H49FN2O10/c1-11-12-40-30(7)14-15(2)22(35)17(4)21-24(43-29(39)33-21)19(6)42-28(38)31(8,32)25(37)18(5)26(30)44-27-23(36)20(34(9)10)13-16(3)41-27/h11,15-21,23-24,26-27,36H,1,12-14H2,2-10H3,(H,33,39)/t15-,16-,17-,18+,19+,20+,21?,23-,24?,26-,27+,30+,31?/m1/s1. The molecule has 250 valence electrons. The maximum atomic E-state index is 16.2. The van der Waals surface area contributed by atoms with Crippen molar-refractivity contribution < 1.29 is 52.4 Å². The second kappa shape index (κ2) is 13.9. The zero-order valence-electron chi connectivity index (χ0n) is 27.2. The number of hydrogen-bond acceptors (Lipinski definition) is 11. The maximum absolute atomic E-state index is 16.2. The average Bonchev–Trinajstić information content (AvgIpc) is 3.35. The summed E-state index contributed by atoms with van der Waals surface area (Å²) in [5.41, 5.74) is -4.59. The molecule has 3 aliphatic rings. The first kappa shape index (κ1) is 36.0. The van der Waals surface area contributed by atoms with E-state index in [9.17, 15) is 24.3 Å². The topological polar surface area (TPSA) is 150 Å². The van der Waals surface area contributed by atoms with Crippen LogP contribution in [0, 0.1) is 17.8 Å². The van der Waals surface area contributed by atoms with Crippen molar-refractivity contribution in [1.29, 1.82) is 0 Å². The molecule has 3 rings (SSSR count). The molecule has 3 aliphatic heterocycles. The van der Waals surface area contributed by atoms with Crippen molar-refractivity contribution in [2.24, 2.45) is 17.8 Å². The van der Waals surface area contributed by atoms with E-state index < -0.39 is 83.6 Å². The van der Waals surface area contributed by atoms with E-state index in [2.05, 4.69) is 11.9 Å². The smallest absolute Gasteiger partial charge is 0.407 e. The third-order valence-corrected chi connectivity index (χ3v) is 9.23. The van der Waals surface area contributed by atoms with Crippen LogP contribution in [0.25, 0.3) is 0 Å². The summed E-state index contributed by atoms with van der Waals surface area (Å²) in [7, 11) is 3.62. The molecule has 2 N–H and O–H groups in total. The maximum Gasteiger partial charge on any atom is 0.407 e. The van der Waals surface area contributed by atoms with E-state index >= 15 is 4.39 Å². The molecule has 3 heterocycles. The van der Waals surface area contributed by atoms with Gasteiger partial charge in [0, 0.05) is 23.8 Å². The number of amides is 1. The predicted molar refractivity (Wildman–Crippen MR) is 156 cm³/mol. The van der Waals surface area contributed by atoms with Crippen LogP contribution in [0.5, 0.6) is 0 Å². The highest BCUT2D eigenvalue weighted by atomic mass is 19.1. The number of alkyl carbamates (subject to hydrolysis) is 1. The number of cyclic esters (lactones) is 1. The lowest BCUT2D eigenvalue weighted by molar-refractivity contribution is -0.297. The van der Waals surface area contributed by atoms with Gasteiger partial charge >= 0.3 is 12.1 Å². The Kier molecular flexibility index (Phi) is 11.4. The number of ether oxygens (including phenoxy) is 5. The molecule has 0 aromatic heterocycles. The summed E-state index contributed by atoms with van der Waals surface area (Å²) in [5.74, 6) is -5.74. The Morgan fingerprint density at radius 3 is 2.32 bits per heavy atom. The molecule has 3 unspecified atom stereocenters. The molecule has 13 heteroatoms. The molecule has 0 aliphatic carbocycles. The molecule has 44 heavy (non-hydrogen) atoms. The molecule has 0 saturated carbocycles. The first-order valence-electron chi connectivity index (χ1n) is 15.2. The summed E-state index contributed by atoms with van der Waals surface area (Å²) in [4.78, 5) is 54.9. The minimum Gasteiger partial charge on any atom is -0.456 e. The minimum atomic E-state index is -3.14. The van der Waals surface area contributed by atoms with Crippen LogP contribution >= 0.6 is 0 Å². The predicted octanol–water partition coefficient (Wildman–Crippen LogP) is 2.35. The average molecular weight is 629 g/mol. The fourth-order valence-electron chi connectivity index (χ4n) is 6.69. The molecule has 1 amide bonds. The fourth-order valence-corrected chi connectivity index (χ4v) is 6.69. The van der Waals surface area contributed by atoms with Crippen LogP contribution in [0.4, 0.5) is 9.18 Å². The van der Waals surface area contributed by atoms with Gasteiger partial charge in [0.1, 0.15) is 18.0 Å². The largest absolute Gasteiger partial charge is 0.456 e. The summed E-state index contributed by atoms with van der Waals surface area (Å²) in [5, 5.41) is 13.9. The highest BCUT2D eigenvalue weighted by molar-refractivity contribution is 6.07. The Labute approximate surface area is 258 Å². The van der Waals surface area contributed by atoms with Gasteiger partial charge in [-0.1, -0.05) is 26.8 Å². The molecule has 0 aromatic rings. The molecular formula is C31H49FN2O10. The minimum absolute atomic E-state index is 0.00301. The summed E-state index contributed by atoms with van der Waals surface area (Å²) in [6.45, 7) is 14.1. The SMILES string of the molecule is C=CCO[C@@]1(C)C[C@@H](C)C(=O)[C@H](C)C2NC(=O)OC2[C@H](C)OC(=O)C(C)(F)C(=O)[C@H](C)[C@H]1O[C@@H]1O[C@H](C)C[C@H](N(C)C)[C@H]1O. The van der Waals surface area contributed by atoms with Crippen molar-refractivity contribution in [3.8, 4) is 0 Å². The number of ketones is 2. The van der Waals surface area contributed by atoms with Crippen LogP contribution in [-0.2, 0) is 38.1 Å². The first-order valence-corrected chi connectivity index (χ1v) is 15.2. The number of carbonyl (C=O) groups excluding carboxylic acids is 4. The summed E-state index contributed by atoms with van der Waals surface area (Å²) in [6, 6.07) is -1.24. The molecule has 3 fully saturated rings. The number of nitrogens with one attached hydrogen (secondary N) is 1. The van der Waals surface area contributed by atoms with Crippen LogP contribution in [0.2, 0.25) is 0 Å². The van der Waals surface area contributed by atoms with Crippen LogP contribution in [0.3, 0.4) is 0 Å². The van der Waals surface area contributed by atoms with Gasteiger partial charge in [-0.15, -0.1) is 6.58 Å². The van der Waals surface area contributed by atoms with Crippen molar-refractivity contribution in [3.05, 3.63) is 12.7 Å². The van der Waals surface area contributed by atoms with E-state index in [0.717, 1.165) is 6.92 Å². The quantitative estimate of drug-likeness (QED) is 0.254. The number of carbonyl (C=O) groups is 4. The second-order valence-electron chi connectivity index (χ2n) is 13.1. The number of aliphatic hydroxyl groups is 1. The molecular weight excluding hydrogens is 579 g/mol. The lowest BCUT2D eigenvalue weighted by Crippen LogP contribution is -2.60. The lowest BCUT2D eigenvalue weighted by Gasteiger charge is -2.47. The zero-order valence-corrected chi connectivity index (χ0v) is 27.2. The lowest BCUT2D eigenvalue weighted by atomic mass is 9.75. The fraction of sp³-hybridized carbons (Fsp3) is 0.806. The number of likely N-dealkylation sites (N-methyl/N-ethyl adjacent to an activating group) is 1. The van der Waals surface area contributed by atoms with E-state index in [1.54, 1.807) is 20.8 Å². The van der Waals surface area contributed by atoms with Crippen molar-refractivity contribution in [3.63, 3.8) is 0 Å². The molecule has 3 saturated heterocycles. The number of esters is 1. The number of fused-ring (bicyclic) bond motifs is 1. The van der Waals surface area contributed by atoms with Gasteiger partial charge in [-0.25, -0.2) is 14.0 Å². The van der Waals surface area contributed by atoms with E-state index in [1.807, 2.05) is 25.9 Å². The highest BCUT2D eigenvalue weighted by Crippen LogP contribution is 2.39. The molecule has 0 radical (unpaired) electrons. The highest BCUT2D eigenvalue weighted by Gasteiger charge is 2.55. The van der Waals surface area contributed by atoms with Gasteiger partial charge in [0.2, 0.25) is 0 Å². The number of aliphatic hydroxyl groups excluding tert-OH is 1. The van der Waals surface area contributed by atoms with Crippen molar-refractivity contribution in [2.75, 3.05) is 20.7 Å². The van der Waals surface area contributed by atoms with Gasteiger partial charge < -0.3 is 39.0 Å². The van der Waals surface area contributed by atoms with Crippen molar-refractivity contribution in [1.82, 2.24) is 10.2 Å². The van der Waals surface area contributed by atoms with Gasteiger partial charge in [-0.2, -0.15) is 0 Å². The van der Waals surface area contributed by atoms with Gasteiger partial charge in [0.25, 0.3) is 5.67 Å². The van der Waals surface area contributed by atoms with Gasteiger partial charge in [0.15, 0.2) is 18.2 Å². The van der Waals surface area contributed by atoms with Gasteiger partial charge in [-0.05, 0) is 54.6 Å². The van der Waals surface area contributed by atoms with Crippen molar-refractivity contribution in [2.45, 2.75) is 121 Å². The summed E-state index contributed by atoms with van der Waals surface area (Å²) < 4.78 is 45.5. The number of alkyl halides is 1. The Bertz CT molecular complexity index is 1100. The van der Waals surface area contributed by atoms with Gasteiger partial charge in [-0.3, -0.25) is 9.59 Å². The normalized spacial score (nSPS) is 44.3. The molecule has 13 atom stereocenters. The van der Waals surface area contributed by atoms with Crippen molar-refractivity contribution >= 4 is 23.6 Å². The summed E-state index contributed by atoms with van der Waals surface area (Å²) >= 11 is 0. The monoisotopic (exact) mass is 628 g/mol. The molecule has 0 bridgehead atoms. The molecule has 0 aromatic carbocycles. The Hall–Kier alpha value is -2.45. The number of halogens is 1. The van der Waals surface area contributed by atoms with Crippen LogP contribution in [0.1, 0.15) is 61.3 Å². The van der Waals surface area contributed by atoms with E-state index in [1.165, 1.54) is 19.9 Å². The van der Waals surface area contributed by atoms with Crippen LogP contribution in [-0.4, -0.2) is 115 Å². The molecule has 0 spiro atoms. The number of hydrogen-bond donors (Lipinski definition) is 2. The van der Waals surface area contributed by atoms with E-state index in [-0.39, 0.29) is 31.0 Å². The first-order chi connectivity index (χ1) is 20.3. The zero-order chi connectivity index (χ0) is 33.3. The summed E-state index contributed by atoms with van der Waals surface area (Å²) in [6.07, 6.45) is -5.12.